The van der Waals surface area contributed by atoms with Crippen LogP contribution in [0.1, 0.15) is 0 Å². The lowest BCUT2D eigenvalue weighted by molar-refractivity contribution is 2.19. The summed E-state index contributed by atoms with van der Waals surface area (Å²) >= 11 is 8.39. The third kappa shape index (κ3) is 8.01. The molecule has 0 atom stereocenters. The number of hydrogen-bond acceptors (Lipinski definition) is 3. The Hall–Kier alpha value is 2.01. The van der Waals surface area contributed by atoms with Gasteiger partial charge in [0, 0.05) is 0 Å². The zero-order chi connectivity index (χ0) is 5.54. The molecule has 0 aromatic carbocycles. The molecule has 0 saturated carbocycles. The van der Waals surface area contributed by atoms with E-state index in [4.69, 9.17) is 0 Å². The summed E-state index contributed by atoms with van der Waals surface area (Å²) < 4.78 is 0. The lowest BCUT2D eigenvalue weighted by Gasteiger charge is -1.88. The van der Waals surface area contributed by atoms with Gasteiger partial charge in [-0.3, -0.25) is 0 Å². The van der Waals surface area contributed by atoms with Gasteiger partial charge in [0.25, 0.3) is 0 Å². The van der Waals surface area contributed by atoms with Crippen LogP contribution in [-0.4, -0.2) is 10.2 Å². The van der Waals surface area contributed by atoms with Crippen LogP contribution >= 0.6 is 61.8 Å². The largest absolute Gasteiger partial charge is 0.138 e. The molecule has 0 saturated heterocycles. The smallest absolute Gasteiger partial charge is 0.0510 e. The first-order valence-electron chi connectivity index (χ1n) is 1.46. The molecule has 0 unspecified atom stereocenters. The van der Waals surface area contributed by atoms with Crippen molar-refractivity contribution in [3.05, 3.63) is 0 Å². The third-order valence-electron chi connectivity index (χ3n) is 0.256. The molecule has 0 aliphatic heterocycles. The van der Waals surface area contributed by atoms with Gasteiger partial charge >= 0.3 is 0 Å². The van der Waals surface area contributed by atoms with Gasteiger partial charge in [-0.2, -0.15) is 0 Å². The molecule has 0 spiro atoms. The van der Waals surface area contributed by atoms with Gasteiger partial charge in [0.15, 0.2) is 0 Å². The minimum Gasteiger partial charge on any atom is -0.138 e. The van der Waals surface area contributed by atoms with Crippen LogP contribution in [0.4, 0.5) is 0 Å². The molecular weight excluding hydrogens is 280 g/mol. The van der Waals surface area contributed by atoms with Gasteiger partial charge in [-0.25, -0.2) is 0 Å². The maximum atomic E-state index is 3.25. The molecule has 0 heterocycles. The summed E-state index contributed by atoms with van der Waals surface area (Å²) in [7, 11) is 3.37. The van der Waals surface area contributed by atoms with E-state index in [0.29, 0.717) is 0 Å². The molecule has 0 N–H and O–H groups in total. The molecule has 5 heteroatoms. The second-order valence-electron chi connectivity index (χ2n) is 0.658. The summed E-state index contributed by atoms with van der Waals surface area (Å²) in [6, 6.07) is 0. The van der Waals surface area contributed by atoms with E-state index >= 15 is 0 Å². The van der Waals surface area contributed by atoms with Crippen molar-refractivity contribution in [3.8, 4) is 0 Å². The fourth-order valence-corrected chi connectivity index (χ4v) is 3.86. The SMILES string of the molecule is BrSCSCSBr. The first kappa shape index (κ1) is 9.01. The fraction of sp³-hybridized carbons (Fsp3) is 1.00. The lowest BCUT2D eigenvalue weighted by Crippen LogP contribution is -1.62. The molecule has 0 radical (unpaired) electrons. The molecular formula is C2H4Br2S3. The van der Waals surface area contributed by atoms with Gasteiger partial charge in [-0.15, -0.1) is 11.8 Å². The average molecular weight is 284 g/mol. The van der Waals surface area contributed by atoms with Crippen molar-refractivity contribution in [2.45, 2.75) is 0 Å². The maximum Gasteiger partial charge on any atom is 0.0510 e. The first-order chi connectivity index (χ1) is 3.41. The molecule has 44 valence electrons. The van der Waals surface area contributed by atoms with Crippen LogP contribution in [0.5, 0.6) is 0 Å². The van der Waals surface area contributed by atoms with Gasteiger partial charge < -0.3 is 0 Å². The van der Waals surface area contributed by atoms with Gasteiger partial charge in [-0.05, 0) is 29.6 Å². The standard InChI is InChI=1S/C2H4Br2S3/c3-6-1-5-2-7-4/h1-2H2. The summed E-state index contributed by atoms with van der Waals surface area (Å²) in [6.07, 6.45) is 0. The Morgan fingerprint density at radius 3 is 1.71 bits per heavy atom. The van der Waals surface area contributed by atoms with E-state index < -0.39 is 0 Å². The maximum absolute atomic E-state index is 3.25. The molecule has 0 bridgehead atoms. The van der Waals surface area contributed by atoms with Crippen LogP contribution in [0.2, 0.25) is 0 Å². The Labute approximate surface area is 71.4 Å². The van der Waals surface area contributed by atoms with Crippen LogP contribution < -0.4 is 0 Å². The molecule has 0 aromatic heterocycles. The Morgan fingerprint density at radius 2 is 1.43 bits per heavy atom. The summed E-state index contributed by atoms with van der Waals surface area (Å²) in [5.74, 6) is 0. The van der Waals surface area contributed by atoms with Crippen LogP contribution in [-0.2, 0) is 0 Å². The summed E-state index contributed by atoms with van der Waals surface area (Å²) in [5, 5.41) is 2.25. The molecule has 0 aliphatic rings. The molecule has 0 fully saturated rings. The van der Waals surface area contributed by atoms with E-state index in [1.807, 2.05) is 11.8 Å². The monoisotopic (exact) mass is 282 g/mol. The second kappa shape index (κ2) is 8.01. The summed E-state index contributed by atoms with van der Waals surface area (Å²) in [4.78, 5) is 0. The van der Waals surface area contributed by atoms with Crippen molar-refractivity contribution in [2.24, 2.45) is 0 Å². The predicted octanol–water partition coefficient (Wildman–Crippen LogP) is 3.72. The highest BCUT2D eigenvalue weighted by atomic mass is 79.9. The minimum atomic E-state index is 1.12. The first-order valence-corrected chi connectivity index (χ1v) is 8.27. The van der Waals surface area contributed by atoms with Gasteiger partial charge in [0.1, 0.15) is 0 Å². The van der Waals surface area contributed by atoms with Crippen molar-refractivity contribution in [1.82, 2.24) is 0 Å². The van der Waals surface area contributed by atoms with Crippen molar-refractivity contribution in [1.29, 1.82) is 0 Å². The van der Waals surface area contributed by atoms with Crippen LogP contribution in [0.25, 0.3) is 0 Å². The Bertz CT molecular complexity index is 30.1. The summed E-state index contributed by atoms with van der Waals surface area (Å²) in [6.45, 7) is 0. The summed E-state index contributed by atoms with van der Waals surface area (Å²) in [5.41, 5.74) is 0. The predicted molar refractivity (Wildman–Crippen MR) is 50.4 cm³/mol. The number of halogens is 2. The number of rotatable bonds is 4. The van der Waals surface area contributed by atoms with Crippen molar-refractivity contribution in [2.75, 3.05) is 10.2 Å². The fourth-order valence-electron chi connectivity index (χ4n) is 0.0970. The van der Waals surface area contributed by atoms with Gasteiger partial charge in [0.05, 0.1) is 10.2 Å². The normalized spacial score (nSPS) is 9.43. The Kier molecular flexibility index (Phi) is 10.3. The van der Waals surface area contributed by atoms with Crippen LogP contribution in [0.15, 0.2) is 0 Å². The van der Waals surface area contributed by atoms with E-state index in [-0.39, 0.29) is 0 Å². The average Bonchev–Trinajstić information content (AvgIpc) is 1.69. The van der Waals surface area contributed by atoms with E-state index in [9.17, 15) is 0 Å². The highest BCUT2D eigenvalue weighted by Gasteiger charge is 1.82. The third-order valence-corrected chi connectivity index (χ3v) is 5.67. The van der Waals surface area contributed by atoms with E-state index in [0.717, 1.165) is 10.2 Å². The zero-order valence-corrected chi connectivity index (χ0v) is 9.02. The molecule has 0 amide bonds. The molecule has 0 nitrogen and oxygen atoms in total. The Morgan fingerprint density at radius 1 is 1.00 bits per heavy atom. The van der Waals surface area contributed by atoms with Gasteiger partial charge in [-0.1, -0.05) is 20.4 Å². The molecule has 0 aromatic rings. The van der Waals surface area contributed by atoms with E-state index in [1.54, 1.807) is 20.4 Å². The van der Waals surface area contributed by atoms with Crippen LogP contribution in [0.3, 0.4) is 0 Å². The quantitative estimate of drug-likeness (QED) is 0.570. The molecule has 0 aliphatic carbocycles. The van der Waals surface area contributed by atoms with Crippen molar-refractivity contribution in [3.63, 3.8) is 0 Å². The minimum absolute atomic E-state index is 1.12. The number of hydrogen-bond donors (Lipinski definition) is 0. The highest BCUT2D eigenvalue weighted by molar-refractivity contribution is 9.51. The molecule has 0 rings (SSSR count). The van der Waals surface area contributed by atoms with Crippen LogP contribution in [0, 0.1) is 0 Å². The van der Waals surface area contributed by atoms with Gasteiger partial charge in [0.2, 0.25) is 0 Å². The molecule has 7 heavy (non-hydrogen) atoms. The second-order valence-corrected chi connectivity index (χ2v) is 6.14. The zero-order valence-electron chi connectivity index (χ0n) is 3.39. The topological polar surface area (TPSA) is 0 Å². The van der Waals surface area contributed by atoms with E-state index in [2.05, 4.69) is 29.6 Å². The highest BCUT2D eigenvalue weighted by Crippen LogP contribution is 2.23. The van der Waals surface area contributed by atoms with Crippen molar-refractivity contribution >= 4 is 61.8 Å². The lowest BCUT2D eigenvalue weighted by atomic mass is 11.9. The Balaban J connectivity index is 2.45. The van der Waals surface area contributed by atoms with Crippen molar-refractivity contribution < 1.29 is 0 Å². The van der Waals surface area contributed by atoms with E-state index in [1.165, 1.54) is 0 Å². The number of thioether (sulfide) groups is 1.